The number of carbonyl (C=O) groups excluding carboxylic acids is 1. The second kappa shape index (κ2) is 9.03. The van der Waals surface area contributed by atoms with Crippen LogP contribution >= 0.6 is 0 Å². The molecule has 4 nitrogen and oxygen atoms in total. The summed E-state index contributed by atoms with van der Waals surface area (Å²) >= 11 is 0. The molecule has 0 spiro atoms. The zero-order valence-electron chi connectivity index (χ0n) is 14.1. The number of methoxy groups -OCH3 is 1. The zero-order valence-corrected chi connectivity index (χ0v) is 14.1. The lowest BCUT2D eigenvalue weighted by atomic mass is 10.1. The summed E-state index contributed by atoms with van der Waals surface area (Å²) in [7, 11) is 3.56. The van der Waals surface area contributed by atoms with Gasteiger partial charge in [-0.2, -0.15) is 0 Å². The number of ether oxygens (including phenoxy) is 1. The summed E-state index contributed by atoms with van der Waals surface area (Å²) in [6, 6.07) is 14.3. The fourth-order valence-electron chi connectivity index (χ4n) is 2.64. The number of carbonyl (C=O) groups is 1. The number of hydrogen-bond donors (Lipinski definition) is 2. The molecule has 0 saturated heterocycles. The summed E-state index contributed by atoms with van der Waals surface area (Å²) in [5.41, 5.74) is 1.95. The van der Waals surface area contributed by atoms with Crippen molar-refractivity contribution in [3.63, 3.8) is 0 Å². The topological polar surface area (TPSA) is 42.8 Å². The Morgan fingerprint density at radius 1 is 1.21 bits per heavy atom. The van der Waals surface area contributed by atoms with E-state index < -0.39 is 0 Å². The van der Waals surface area contributed by atoms with Crippen LogP contribution in [0, 0.1) is 5.82 Å². The average Bonchev–Trinajstić information content (AvgIpc) is 2.55. The minimum atomic E-state index is -0.249. The van der Waals surface area contributed by atoms with E-state index in [-0.39, 0.29) is 11.7 Å². The second-order valence-corrected chi connectivity index (χ2v) is 5.85. The lowest BCUT2D eigenvalue weighted by Gasteiger charge is -2.14. The molecule has 1 amide bonds. The van der Waals surface area contributed by atoms with Crippen LogP contribution in [0.15, 0.2) is 48.5 Å². The van der Waals surface area contributed by atoms with Gasteiger partial charge in [0.1, 0.15) is 18.1 Å². The number of hydrogen-bond acceptors (Lipinski definition) is 2. The van der Waals surface area contributed by atoms with Crippen molar-refractivity contribution >= 4 is 5.91 Å². The molecule has 1 unspecified atom stereocenters. The Hall–Kier alpha value is -2.40. The van der Waals surface area contributed by atoms with Gasteiger partial charge in [0.2, 0.25) is 0 Å². The third-order valence-corrected chi connectivity index (χ3v) is 3.77. The van der Waals surface area contributed by atoms with E-state index in [1.165, 1.54) is 12.1 Å². The molecule has 2 N–H and O–H groups in total. The first-order valence-corrected chi connectivity index (χ1v) is 8.03. The Labute approximate surface area is 142 Å². The maximum atomic E-state index is 13.2. The summed E-state index contributed by atoms with van der Waals surface area (Å²) in [4.78, 5) is 13.0. The second-order valence-electron chi connectivity index (χ2n) is 5.85. The van der Waals surface area contributed by atoms with Crippen LogP contribution in [-0.2, 0) is 17.8 Å². The molecular formula is C19H24FN2O2+. The minimum Gasteiger partial charge on any atom is -0.496 e. The maximum absolute atomic E-state index is 13.2. The molecule has 0 radical (unpaired) electrons. The fourth-order valence-corrected chi connectivity index (χ4v) is 2.64. The number of quaternary nitrogens is 1. The highest BCUT2D eigenvalue weighted by molar-refractivity contribution is 5.76. The SMILES string of the molecule is COc1ccccc1CCNC(=O)C[NH+](C)Cc1cccc(F)c1. The van der Waals surface area contributed by atoms with Gasteiger partial charge >= 0.3 is 0 Å². The van der Waals surface area contributed by atoms with Crippen LogP contribution in [0.5, 0.6) is 5.75 Å². The normalized spacial score (nSPS) is 11.8. The van der Waals surface area contributed by atoms with Crippen LogP contribution in [0.1, 0.15) is 11.1 Å². The maximum Gasteiger partial charge on any atom is 0.275 e. The first-order valence-electron chi connectivity index (χ1n) is 8.03. The zero-order chi connectivity index (χ0) is 17.4. The molecular weight excluding hydrogens is 307 g/mol. The van der Waals surface area contributed by atoms with E-state index in [0.717, 1.165) is 28.2 Å². The number of nitrogens with one attached hydrogen (secondary N) is 2. The molecule has 0 heterocycles. The summed E-state index contributed by atoms with van der Waals surface area (Å²) in [5.74, 6) is 0.570. The molecule has 5 heteroatoms. The molecule has 0 aliphatic rings. The number of para-hydroxylation sites is 1. The largest absolute Gasteiger partial charge is 0.496 e. The van der Waals surface area contributed by atoms with Crippen molar-refractivity contribution in [2.75, 3.05) is 27.2 Å². The van der Waals surface area contributed by atoms with Crippen LogP contribution < -0.4 is 15.0 Å². The highest BCUT2D eigenvalue weighted by Gasteiger charge is 2.11. The van der Waals surface area contributed by atoms with Crippen molar-refractivity contribution in [1.82, 2.24) is 5.32 Å². The number of benzene rings is 2. The van der Waals surface area contributed by atoms with E-state index in [2.05, 4.69) is 5.32 Å². The molecule has 0 aliphatic heterocycles. The molecule has 0 aliphatic carbocycles. The minimum absolute atomic E-state index is 0.0150. The average molecular weight is 331 g/mol. The van der Waals surface area contributed by atoms with Crippen molar-refractivity contribution in [2.24, 2.45) is 0 Å². The Morgan fingerprint density at radius 3 is 2.75 bits per heavy atom. The molecule has 2 aromatic rings. The van der Waals surface area contributed by atoms with E-state index in [9.17, 15) is 9.18 Å². The quantitative estimate of drug-likeness (QED) is 0.764. The lowest BCUT2D eigenvalue weighted by molar-refractivity contribution is -0.885. The molecule has 128 valence electrons. The van der Waals surface area contributed by atoms with E-state index in [4.69, 9.17) is 4.74 Å². The predicted molar refractivity (Wildman–Crippen MR) is 91.6 cm³/mol. The van der Waals surface area contributed by atoms with Gasteiger partial charge in [-0.3, -0.25) is 4.79 Å². The third kappa shape index (κ3) is 5.66. The fraction of sp³-hybridized carbons (Fsp3) is 0.316. The highest BCUT2D eigenvalue weighted by Crippen LogP contribution is 2.17. The molecule has 0 bridgehead atoms. The molecule has 2 aromatic carbocycles. The van der Waals surface area contributed by atoms with E-state index in [0.29, 0.717) is 19.6 Å². The standard InChI is InChI=1S/C19H23FN2O2/c1-22(13-15-6-5-8-17(20)12-15)14-19(23)21-11-10-16-7-3-4-9-18(16)24-2/h3-9,12H,10-11,13-14H2,1-2H3,(H,21,23)/p+1. The molecule has 1 atom stereocenters. The van der Waals surface area contributed by atoms with Gasteiger partial charge in [0, 0.05) is 12.1 Å². The van der Waals surface area contributed by atoms with Gasteiger partial charge in [-0.15, -0.1) is 0 Å². The Bertz CT molecular complexity index is 676. The van der Waals surface area contributed by atoms with Gasteiger partial charge < -0.3 is 15.0 Å². The van der Waals surface area contributed by atoms with Crippen LogP contribution in [0.2, 0.25) is 0 Å². The van der Waals surface area contributed by atoms with Crippen LogP contribution in [0.3, 0.4) is 0 Å². The number of rotatable bonds is 8. The van der Waals surface area contributed by atoms with Gasteiger partial charge in [0.05, 0.1) is 14.2 Å². The Balaban J connectivity index is 1.74. The summed E-state index contributed by atoms with van der Waals surface area (Å²) in [6.07, 6.45) is 0.721. The Morgan fingerprint density at radius 2 is 2.00 bits per heavy atom. The predicted octanol–water partition coefficient (Wildman–Crippen LogP) is 1.21. The van der Waals surface area contributed by atoms with Gasteiger partial charge in [0.15, 0.2) is 6.54 Å². The van der Waals surface area contributed by atoms with Crippen molar-refractivity contribution < 1.29 is 18.8 Å². The number of amides is 1. The highest BCUT2D eigenvalue weighted by atomic mass is 19.1. The Kier molecular flexibility index (Phi) is 6.75. The van der Waals surface area contributed by atoms with Crippen molar-refractivity contribution in [3.05, 3.63) is 65.5 Å². The molecule has 0 fully saturated rings. The summed E-state index contributed by atoms with van der Waals surface area (Å²) < 4.78 is 18.5. The van der Waals surface area contributed by atoms with Crippen LogP contribution in [0.4, 0.5) is 4.39 Å². The summed E-state index contributed by atoms with van der Waals surface area (Å²) in [6.45, 7) is 1.52. The van der Waals surface area contributed by atoms with Gasteiger partial charge in [-0.05, 0) is 30.2 Å². The van der Waals surface area contributed by atoms with Crippen LogP contribution in [0.25, 0.3) is 0 Å². The number of halogens is 1. The molecule has 0 aromatic heterocycles. The van der Waals surface area contributed by atoms with E-state index >= 15 is 0 Å². The lowest BCUT2D eigenvalue weighted by Crippen LogP contribution is -3.08. The first kappa shape index (κ1) is 17.9. The van der Waals surface area contributed by atoms with E-state index in [1.807, 2.05) is 37.4 Å². The molecule has 0 saturated carbocycles. The first-order chi connectivity index (χ1) is 11.6. The number of likely N-dealkylation sites (N-methyl/N-ethyl adjacent to an activating group) is 1. The third-order valence-electron chi connectivity index (χ3n) is 3.77. The van der Waals surface area contributed by atoms with E-state index in [1.54, 1.807) is 13.2 Å². The van der Waals surface area contributed by atoms with Gasteiger partial charge in [-0.1, -0.05) is 30.3 Å². The van der Waals surface area contributed by atoms with Gasteiger partial charge in [-0.25, -0.2) is 4.39 Å². The van der Waals surface area contributed by atoms with Crippen molar-refractivity contribution in [1.29, 1.82) is 0 Å². The smallest absolute Gasteiger partial charge is 0.275 e. The van der Waals surface area contributed by atoms with Crippen molar-refractivity contribution in [3.8, 4) is 5.75 Å². The van der Waals surface area contributed by atoms with Crippen molar-refractivity contribution in [2.45, 2.75) is 13.0 Å². The summed E-state index contributed by atoms with van der Waals surface area (Å²) in [5, 5.41) is 2.92. The monoisotopic (exact) mass is 331 g/mol. The van der Waals surface area contributed by atoms with Crippen LogP contribution in [-0.4, -0.2) is 33.2 Å². The molecule has 2 rings (SSSR count). The molecule has 24 heavy (non-hydrogen) atoms. The van der Waals surface area contributed by atoms with Gasteiger partial charge in [0.25, 0.3) is 5.91 Å².